The number of rotatable bonds is 4. The Labute approximate surface area is 95.6 Å². The molecule has 0 radical (unpaired) electrons. The molecule has 1 aliphatic rings. The summed E-state index contributed by atoms with van der Waals surface area (Å²) < 4.78 is 11.7. The van der Waals surface area contributed by atoms with E-state index in [1.54, 1.807) is 19.9 Å². The summed E-state index contributed by atoms with van der Waals surface area (Å²) in [5.74, 6) is -0.788. The third kappa shape index (κ3) is 3.30. The van der Waals surface area contributed by atoms with Gasteiger partial charge in [0.2, 0.25) is 0 Å². The smallest absolute Gasteiger partial charge is 0.182 e. The average Bonchev–Trinajstić information content (AvgIpc) is 2.40. The molecule has 0 unspecified atom stereocenters. The lowest BCUT2D eigenvalue weighted by Gasteiger charge is -2.19. The van der Waals surface area contributed by atoms with Gasteiger partial charge in [0.25, 0.3) is 0 Å². The molecule has 0 aromatic rings. The third-order valence-electron chi connectivity index (χ3n) is 2.31. The van der Waals surface area contributed by atoms with Crippen LogP contribution >= 0.6 is 0 Å². The molecule has 0 aromatic heterocycles. The lowest BCUT2D eigenvalue weighted by atomic mass is 10.1. The van der Waals surface area contributed by atoms with Gasteiger partial charge in [-0.25, -0.2) is 4.74 Å². The van der Waals surface area contributed by atoms with Crippen LogP contribution in [0.1, 0.15) is 20.3 Å². The predicted octanol–water partition coefficient (Wildman–Crippen LogP) is 0.654. The van der Waals surface area contributed by atoms with Crippen molar-refractivity contribution in [2.75, 3.05) is 7.05 Å². The molecule has 1 fully saturated rings. The quantitative estimate of drug-likeness (QED) is 0.253. The Morgan fingerprint density at radius 1 is 1.56 bits per heavy atom. The van der Waals surface area contributed by atoms with Crippen molar-refractivity contribution in [2.24, 2.45) is 0 Å². The molecule has 5 heteroatoms. The minimum absolute atomic E-state index is 0.400. The third-order valence-corrected chi connectivity index (χ3v) is 2.31. The maximum absolute atomic E-state index is 11.0. The fourth-order valence-corrected chi connectivity index (χ4v) is 1.74. The molecule has 0 aliphatic carbocycles. The van der Waals surface area contributed by atoms with E-state index in [1.165, 1.54) is 13.3 Å². The second kappa shape index (κ2) is 4.95. The van der Waals surface area contributed by atoms with Gasteiger partial charge in [-0.05, 0) is 20.3 Å². The second-order valence-electron chi connectivity index (χ2n) is 4.35. The number of ether oxygens (including phenoxy) is 2. The standard InChI is InChI=1S/C11H19NO4/c1-5-6-8(13)10-9(7-12(4)14)15-11(2,3)16-10/h5,7-10,13H,1,6H2,2-4H3/b12-7-/t8-,9-,10+/m1/s1. The zero-order valence-corrected chi connectivity index (χ0v) is 9.92. The zero-order chi connectivity index (χ0) is 12.3. The summed E-state index contributed by atoms with van der Waals surface area (Å²) in [6.45, 7) is 7.05. The van der Waals surface area contributed by atoms with Crippen LogP contribution in [0.2, 0.25) is 0 Å². The highest BCUT2D eigenvalue weighted by Gasteiger charge is 2.45. The van der Waals surface area contributed by atoms with Gasteiger partial charge in [0.05, 0.1) is 6.10 Å². The van der Waals surface area contributed by atoms with Crippen LogP contribution in [-0.2, 0) is 9.47 Å². The van der Waals surface area contributed by atoms with Gasteiger partial charge >= 0.3 is 0 Å². The van der Waals surface area contributed by atoms with Crippen molar-refractivity contribution in [1.29, 1.82) is 0 Å². The van der Waals surface area contributed by atoms with Crippen LogP contribution in [-0.4, -0.2) is 47.2 Å². The van der Waals surface area contributed by atoms with Crippen molar-refractivity contribution >= 4 is 6.21 Å². The maximum Gasteiger partial charge on any atom is 0.182 e. The Hall–Kier alpha value is -0.910. The van der Waals surface area contributed by atoms with Gasteiger partial charge < -0.3 is 19.8 Å². The summed E-state index contributed by atoms with van der Waals surface area (Å²) in [6.07, 6.45) is 1.57. The summed E-state index contributed by atoms with van der Waals surface area (Å²) in [5, 5.41) is 20.8. The molecule has 1 heterocycles. The molecule has 0 bridgehead atoms. The first kappa shape index (κ1) is 13.2. The van der Waals surface area contributed by atoms with E-state index in [4.69, 9.17) is 9.47 Å². The largest absolute Gasteiger partial charge is 0.624 e. The molecule has 1 saturated heterocycles. The topological polar surface area (TPSA) is 64.8 Å². The van der Waals surface area contributed by atoms with E-state index in [0.717, 1.165) is 0 Å². The molecule has 1 rings (SSSR count). The molecule has 1 aliphatic heterocycles. The van der Waals surface area contributed by atoms with Crippen molar-refractivity contribution in [2.45, 2.75) is 44.4 Å². The van der Waals surface area contributed by atoms with Crippen LogP contribution < -0.4 is 0 Å². The van der Waals surface area contributed by atoms with Crippen LogP contribution in [0.3, 0.4) is 0 Å². The first-order chi connectivity index (χ1) is 7.35. The van der Waals surface area contributed by atoms with Crippen molar-refractivity contribution in [3.63, 3.8) is 0 Å². The number of aliphatic hydroxyl groups is 1. The van der Waals surface area contributed by atoms with E-state index in [9.17, 15) is 10.3 Å². The molecule has 5 nitrogen and oxygen atoms in total. The lowest BCUT2D eigenvalue weighted by molar-refractivity contribution is -0.421. The van der Waals surface area contributed by atoms with Crippen LogP contribution in [0, 0.1) is 5.21 Å². The van der Waals surface area contributed by atoms with Gasteiger partial charge in [-0.2, -0.15) is 0 Å². The van der Waals surface area contributed by atoms with Crippen molar-refractivity contribution < 1.29 is 19.3 Å². The van der Waals surface area contributed by atoms with Crippen molar-refractivity contribution in [1.82, 2.24) is 0 Å². The fraction of sp³-hybridized carbons (Fsp3) is 0.727. The molecule has 3 atom stereocenters. The summed E-state index contributed by atoms with van der Waals surface area (Å²) in [7, 11) is 1.37. The zero-order valence-electron chi connectivity index (χ0n) is 9.92. The minimum Gasteiger partial charge on any atom is -0.624 e. The van der Waals surface area contributed by atoms with Gasteiger partial charge in [0.1, 0.15) is 13.2 Å². The maximum atomic E-state index is 11.0. The highest BCUT2D eigenvalue weighted by molar-refractivity contribution is 5.59. The summed E-state index contributed by atoms with van der Waals surface area (Å²) >= 11 is 0. The minimum atomic E-state index is -0.788. The Balaban J connectivity index is 2.79. The predicted molar refractivity (Wildman–Crippen MR) is 60.3 cm³/mol. The van der Waals surface area contributed by atoms with Gasteiger partial charge in [0.15, 0.2) is 18.1 Å². The molecule has 16 heavy (non-hydrogen) atoms. The molecule has 0 spiro atoms. The fourth-order valence-electron chi connectivity index (χ4n) is 1.74. The van der Waals surface area contributed by atoms with E-state index >= 15 is 0 Å². The normalized spacial score (nSPS) is 31.4. The lowest BCUT2D eigenvalue weighted by Crippen LogP contribution is -2.37. The second-order valence-corrected chi connectivity index (χ2v) is 4.35. The van der Waals surface area contributed by atoms with Crippen LogP contribution in [0.15, 0.2) is 12.7 Å². The van der Waals surface area contributed by atoms with E-state index in [-0.39, 0.29) is 0 Å². The van der Waals surface area contributed by atoms with E-state index in [2.05, 4.69) is 6.58 Å². The number of hydrogen-bond acceptors (Lipinski definition) is 4. The average molecular weight is 229 g/mol. The van der Waals surface area contributed by atoms with Crippen molar-refractivity contribution in [3.8, 4) is 0 Å². The van der Waals surface area contributed by atoms with E-state index in [1.807, 2.05) is 0 Å². The number of aliphatic hydroxyl groups excluding tert-OH is 1. The SMILES string of the molecule is C=CC[C@@H](O)[C@@H]1OC(C)(C)O[C@@H]1/C=[N+](/C)[O-]. The Bertz CT molecular complexity index is 284. The summed E-state index contributed by atoms with van der Waals surface area (Å²) in [4.78, 5) is 0. The van der Waals surface area contributed by atoms with Crippen LogP contribution in [0.4, 0.5) is 0 Å². The van der Waals surface area contributed by atoms with E-state index < -0.39 is 24.1 Å². The number of hydroxylamine groups is 1. The van der Waals surface area contributed by atoms with E-state index in [0.29, 0.717) is 11.2 Å². The van der Waals surface area contributed by atoms with Crippen LogP contribution in [0.5, 0.6) is 0 Å². The highest BCUT2D eigenvalue weighted by atomic mass is 16.8. The monoisotopic (exact) mass is 229 g/mol. The molecule has 0 amide bonds. The first-order valence-electron chi connectivity index (χ1n) is 5.25. The van der Waals surface area contributed by atoms with Crippen molar-refractivity contribution in [3.05, 3.63) is 17.9 Å². The molecule has 1 N–H and O–H groups in total. The molecular formula is C11H19NO4. The summed E-state index contributed by atoms with van der Waals surface area (Å²) in [6, 6.07) is 0. The van der Waals surface area contributed by atoms with Gasteiger partial charge in [-0.15, -0.1) is 6.58 Å². The Kier molecular flexibility index (Phi) is 4.07. The van der Waals surface area contributed by atoms with Gasteiger partial charge in [0, 0.05) is 0 Å². The first-order valence-corrected chi connectivity index (χ1v) is 5.25. The van der Waals surface area contributed by atoms with Gasteiger partial charge in [-0.1, -0.05) is 6.08 Å². The Morgan fingerprint density at radius 3 is 2.69 bits per heavy atom. The molecular weight excluding hydrogens is 210 g/mol. The van der Waals surface area contributed by atoms with Crippen LogP contribution in [0.25, 0.3) is 0 Å². The number of hydrogen-bond donors (Lipinski definition) is 1. The number of nitrogens with zero attached hydrogens (tertiary/aromatic N) is 1. The molecule has 0 aromatic carbocycles. The highest BCUT2D eigenvalue weighted by Crippen LogP contribution is 2.29. The Morgan fingerprint density at radius 2 is 2.19 bits per heavy atom. The molecule has 92 valence electrons. The molecule has 0 saturated carbocycles. The summed E-state index contributed by atoms with van der Waals surface area (Å²) in [5.41, 5.74) is 0. The van der Waals surface area contributed by atoms with Gasteiger partial charge in [-0.3, -0.25) is 0 Å².